The highest BCUT2D eigenvalue weighted by molar-refractivity contribution is 5.49. The van der Waals surface area contributed by atoms with Crippen molar-refractivity contribution in [2.24, 2.45) is 5.73 Å². The van der Waals surface area contributed by atoms with Crippen molar-refractivity contribution in [3.63, 3.8) is 0 Å². The standard InChI is InChI=1S/C19H26N2O/c1-15(2)21(13-18(20)14-22)19-10-8-17(9-11-19)12-16-6-4-3-5-7-16/h3-11,15,18,22H,12-14,20H2,1-2H3. The molecule has 0 saturated heterocycles. The summed E-state index contributed by atoms with van der Waals surface area (Å²) in [5, 5.41) is 9.17. The number of anilines is 1. The normalized spacial score (nSPS) is 12.4. The van der Waals surface area contributed by atoms with E-state index in [0.29, 0.717) is 12.6 Å². The van der Waals surface area contributed by atoms with Crippen LogP contribution in [0, 0.1) is 0 Å². The summed E-state index contributed by atoms with van der Waals surface area (Å²) in [6, 6.07) is 19.2. The van der Waals surface area contributed by atoms with Crippen molar-refractivity contribution in [2.45, 2.75) is 32.4 Å². The lowest BCUT2D eigenvalue weighted by Crippen LogP contribution is -2.43. The summed E-state index contributed by atoms with van der Waals surface area (Å²) in [5.74, 6) is 0. The number of benzene rings is 2. The molecule has 0 amide bonds. The Hall–Kier alpha value is -1.84. The van der Waals surface area contributed by atoms with Crippen LogP contribution in [0.4, 0.5) is 5.69 Å². The number of hydrogen-bond acceptors (Lipinski definition) is 3. The van der Waals surface area contributed by atoms with E-state index in [9.17, 15) is 0 Å². The Morgan fingerprint density at radius 2 is 1.55 bits per heavy atom. The minimum Gasteiger partial charge on any atom is -0.395 e. The smallest absolute Gasteiger partial charge is 0.0599 e. The van der Waals surface area contributed by atoms with Gasteiger partial charge in [-0.25, -0.2) is 0 Å². The zero-order chi connectivity index (χ0) is 15.9. The van der Waals surface area contributed by atoms with Gasteiger partial charge in [-0.1, -0.05) is 42.5 Å². The van der Waals surface area contributed by atoms with E-state index in [-0.39, 0.29) is 12.6 Å². The molecule has 0 aliphatic carbocycles. The van der Waals surface area contributed by atoms with E-state index >= 15 is 0 Å². The lowest BCUT2D eigenvalue weighted by atomic mass is 10.0. The number of aliphatic hydroxyl groups is 1. The SMILES string of the molecule is CC(C)N(CC(N)CO)c1ccc(Cc2ccccc2)cc1. The fourth-order valence-corrected chi connectivity index (χ4v) is 2.56. The predicted octanol–water partition coefficient (Wildman–Crippen LogP) is 2.81. The van der Waals surface area contributed by atoms with Crippen molar-refractivity contribution >= 4 is 5.69 Å². The molecule has 0 aromatic heterocycles. The maximum atomic E-state index is 9.17. The van der Waals surface area contributed by atoms with Gasteiger partial charge in [-0.15, -0.1) is 0 Å². The van der Waals surface area contributed by atoms with Crippen molar-refractivity contribution < 1.29 is 5.11 Å². The van der Waals surface area contributed by atoms with E-state index in [1.54, 1.807) is 0 Å². The lowest BCUT2D eigenvalue weighted by molar-refractivity contribution is 0.265. The van der Waals surface area contributed by atoms with Crippen LogP contribution in [0.2, 0.25) is 0 Å². The summed E-state index contributed by atoms with van der Waals surface area (Å²) >= 11 is 0. The van der Waals surface area contributed by atoms with Crippen LogP contribution in [0.15, 0.2) is 54.6 Å². The average Bonchev–Trinajstić information content (AvgIpc) is 2.54. The minimum atomic E-state index is -0.216. The van der Waals surface area contributed by atoms with Gasteiger partial charge in [-0.2, -0.15) is 0 Å². The molecule has 3 nitrogen and oxygen atoms in total. The summed E-state index contributed by atoms with van der Waals surface area (Å²) in [4.78, 5) is 2.23. The first-order chi connectivity index (χ1) is 10.6. The number of hydrogen-bond donors (Lipinski definition) is 2. The molecule has 1 unspecified atom stereocenters. The molecule has 2 rings (SSSR count). The monoisotopic (exact) mass is 298 g/mol. The molecule has 2 aromatic carbocycles. The number of nitrogens with two attached hydrogens (primary N) is 1. The molecule has 3 N–H and O–H groups in total. The number of aliphatic hydroxyl groups excluding tert-OH is 1. The fourth-order valence-electron chi connectivity index (χ4n) is 2.56. The first-order valence-corrected chi connectivity index (χ1v) is 7.86. The van der Waals surface area contributed by atoms with Crippen LogP contribution in [0.5, 0.6) is 0 Å². The largest absolute Gasteiger partial charge is 0.395 e. The highest BCUT2D eigenvalue weighted by atomic mass is 16.3. The summed E-state index contributed by atoms with van der Waals surface area (Å²) < 4.78 is 0. The average molecular weight is 298 g/mol. The van der Waals surface area contributed by atoms with Gasteiger partial charge in [0, 0.05) is 24.3 Å². The van der Waals surface area contributed by atoms with Crippen LogP contribution >= 0.6 is 0 Å². The molecule has 0 saturated carbocycles. The van der Waals surface area contributed by atoms with Crippen LogP contribution in [-0.4, -0.2) is 30.3 Å². The predicted molar refractivity (Wildman–Crippen MR) is 93.2 cm³/mol. The van der Waals surface area contributed by atoms with Crippen LogP contribution in [0.1, 0.15) is 25.0 Å². The first-order valence-electron chi connectivity index (χ1n) is 7.86. The third kappa shape index (κ3) is 4.58. The second-order valence-electron chi connectivity index (χ2n) is 6.02. The maximum absolute atomic E-state index is 9.17. The molecule has 1 atom stereocenters. The van der Waals surface area contributed by atoms with E-state index in [1.165, 1.54) is 11.1 Å². The van der Waals surface area contributed by atoms with E-state index in [4.69, 9.17) is 10.8 Å². The highest BCUT2D eigenvalue weighted by Crippen LogP contribution is 2.19. The first kappa shape index (κ1) is 16.5. The molecule has 0 aliphatic heterocycles. The zero-order valence-electron chi connectivity index (χ0n) is 13.4. The van der Waals surface area contributed by atoms with Crippen LogP contribution in [0.3, 0.4) is 0 Å². The molecular formula is C19H26N2O. The third-order valence-corrected chi connectivity index (χ3v) is 3.81. The van der Waals surface area contributed by atoms with Gasteiger partial charge in [0.25, 0.3) is 0 Å². The topological polar surface area (TPSA) is 49.5 Å². The Balaban J connectivity index is 2.09. The molecular weight excluding hydrogens is 272 g/mol. The van der Waals surface area contributed by atoms with Gasteiger partial charge >= 0.3 is 0 Å². The Kier molecular flexibility index (Phi) is 5.99. The van der Waals surface area contributed by atoms with Crippen molar-refractivity contribution in [2.75, 3.05) is 18.1 Å². The van der Waals surface area contributed by atoms with Gasteiger partial charge in [-0.3, -0.25) is 0 Å². The van der Waals surface area contributed by atoms with Crippen molar-refractivity contribution in [3.8, 4) is 0 Å². The Labute approximate surface area is 133 Å². The molecule has 2 aromatic rings. The van der Waals surface area contributed by atoms with Gasteiger partial charge in [0.2, 0.25) is 0 Å². The van der Waals surface area contributed by atoms with E-state index < -0.39 is 0 Å². The second kappa shape index (κ2) is 7.97. The van der Waals surface area contributed by atoms with Gasteiger partial charge < -0.3 is 15.7 Å². The summed E-state index contributed by atoms with van der Waals surface area (Å²) in [7, 11) is 0. The Morgan fingerprint density at radius 3 is 2.09 bits per heavy atom. The molecule has 22 heavy (non-hydrogen) atoms. The fraction of sp³-hybridized carbons (Fsp3) is 0.368. The molecule has 0 spiro atoms. The van der Waals surface area contributed by atoms with Gasteiger partial charge in [0.15, 0.2) is 0 Å². The summed E-state index contributed by atoms with van der Waals surface area (Å²) in [6.45, 7) is 4.95. The van der Waals surface area contributed by atoms with Crippen LogP contribution in [0.25, 0.3) is 0 Å². The van der Waals surface area contributed by atoms with Crippen LogP contribution < -0.4 is 10.6 Å². The van der Waals surface area contributed by atoms with E-state index in [0.717, 1.165) is 12.1 Å². The molecule has 0 radical (unpaired) electrons. The molecule has 0 heterocycles. The third-order valence-electron chi connectivity index (χ3n) is 3.81. The van der Waals surface area contributed by atoms with Gasteiger partial charge in [-0.05, 0) is 43.5 Å². The number of rotatable bonds is 7. The quantitative estimate of drug-likeness (QED) is 0.826. The van der Waals surface area contributed by atoms with Gasteiger partial charge in [0.1, 0.15) is 0 Å². The summed E-state index contributed by atoms with van der Waals surface area (Å²) in [5.41, 5.74) is 9.65. The Bertz CT molecular complexity index is 551. The Morgan fingerprint density at radius 1 is 0.955 bits per heavy atom. The zero-order valence-corrected chi connectivity index (χ0v) is 13.4. The summed E-state index contributed by atoms with van der Waals surface area (Å²) in [6.07, 6.45) is 0.943. The van der Waals surface area contributed by atoms with Crippen molar-refractivity contribution in [3.05, 3.63) is 65.7 Å². The molecule has 0 fully saturated rings. The molecule has 118 valence electrons. The highest BCUT2D eigenvalue weighted by Gasteiger charge is 2.14. The molecule has 0 bridgehead atoms. The molecule has 3 heteroatoms. The van der Waals surface area contributed by atoms with E-state index in [2.05, 4.69) is 67.3 Å². The minimum absolute atomic E-state index is 0.00924. The lowest BCUT2D eigenvalue weighted by Gasteiger charge is -2.31. The van der Waals surface area contributed by atoms with Crippen molar-refractivity contribution in [1.29, 1.82) is 0 Å². The second-order valence-corrected chi connectivity index (χ2v) is 6.02. The number of nitrogens with zero attached hydrogens (tertiary/aromatic N) is 1. The van der Waals surface area contributed by atoms with Gasteiger partial charge in [0.05, 0.1) is 6.61 Å². The van der Waals surface area contributed by atoms with Crippen molar-refractivity contribution in [1.82, 2.24) is 0 Å². The molecule has 0 aliphatic rings. The van der Waals surface area contributed by atoms with Crippen LogP contribution in [-0.2, 0) is 6.42 Å². The maximum Gasteiger partial charge on any atom is 0.0599 e. The van der Waals surface area contributed by atoms with E-state index in [1.807, 2.05) is 6.07 Å².